The molecule has 1 atom stereocenters. The van der Waals surface area contributed by atoms with Gasteiger partial charge in [0, 0.05) is 45.5 Å². The number of nitrogens with zero attached hydrogens (tertiary/aromatic N) is 2. The average molecular weight is 407 g/mol. The van der Waals surface area contributed by atoms with Crippen molar-refractivity contribution in [2.24, 2.45) is 5.73 Å². The van der Waals surface area contributed by atoms with Crippen molar-refractivity contribution >= 4 is 42.3 Å². The van der Waals surface area contributed by atoms with Gasteiger partial charge in [0.05, 0.1) is 19.1 Å². The summed E-state index contributed by atoms with van der Waals surface area (Å²) in [7, 11) is 1.52. The van der Waals surface area contributed by atoms with Gasteiger partial charge in [0.1, 0.15) is 0 Å². The van der Waals surface area contributed by atoms with Gasteiger partial charge in [-0.15, -0.1) is 24.8 Å². The fourth-order valence-electron chi connectivity index (χ4n) is 2.68. The second-order valence-corrected chi connectivity index (χ2v) is 5.78. The van der Waals surface area contributed by atoms with E-state index in [0.29, 0.717) is 13.1 Å². The number of ether oxygens (including phenoxy) is 1. The van der Waals surface area contributed by atoms with Crippen LogP contribution in [0.4, 0.5) is 5.69 Å². The van der Waals surface area contributed by atoms with Crippen molar-refractivity contribution in [2.45, 2.75) is 12.5 Å². The molecular weight excluding hydrogens is 379 g/mol. The Labute approximate surface area is 167 Å². The topological polar surface area (TPSA) is 87.9 Å². The van der Waals surface area contributed by atoms with E-state index in [0.717, 1.165) is 13.1 Å². The van der Waals surface area contributed by atoms with E-state index in [4.69, 9.17) is 10.5 Å². The van der Waals surface area contributed by atoms with Crippen LogP contribution in [-0.2, 0) is 14.3 Å². The van der Waals surface area contributed by atoms with Crippen LogP contribution in [0.2, 0.25) is 0 Å². The SMILES string of the molecule is COC(CN)CC(=O)NCC(=O)N1CCN(c2ccccc2)CC1.Cl.Cl. The lowest BCUT2D eigenvalue weighted by atomic mass is 10.2. The number of hydrogen-bond donors (Lipinski definition) is 2. The maximum atomic E-state index is 12.2. The Morgan fingerprint density at radius 2 is 1.77 bits per heavy atom. The molecule has 1 aromatic rings. The van der Waals surface area contributed by atoms with Crippen LogP contribution >= 0.6 is 24.8 Å². The quantitative estimate of drug-likeness (QED) is 0.694. The molecule has 0 aliphatic carbocycles. The largest absolute Gasteiger partial charge is 0.380 e. The lowest BCUT2D eigenvalue weighted by Crippen LogP contribution is -2.51. The number of rotatable bonds is 7. The van der Waals surface area contributed by atoms with Gasteiger partial charge >= 0.3 is 0 Å². The maximum Gasteiger partial charge on any atom is 0.242 e. The van der Waals surface area contributed by atoms with Crippen LogP contribution in [0, 0.1) is 0 Å². The first kappa shape index (κ1) is 24.5. The molecule has 0 spiro atoms. The summed E-state index contributed by atoms with van der Waals surface area (Å²) in [6.07, 6.45) is -0.142. The molecular formula is C17H28Cl2N4O3. The molecule has 2 rings (SSSR count). The Hall–Kier alpha value is -1.54. The molecule has 1 aliphatic heterocycles. The number of hydrogen-bond acceptors (Lipinski definition) is 5. The molecule has 26 heavy (non-hydrogen) atoms. The number of carbonyl (C=O) groups is 2. The number of piperazine rings is 1. The number of anilines is 1. The molecule has 1 heterocycles. The molecule has 148 valence electrons. The highest BCUT2D eigenvalue weighted by Gasteiger charge is 2.21. The Kier molecular flexibility index (Phi) is 12.0. The molecule has 1 aromatic carbocycles. The van der Waals surface area contributed by atoms with E-state index in [-0.39, 0.29) is 62.2 Å². The molecule has 0 saturated carbocycles. The number of carbonyl (C=O) groups excluding carboxylic acids is 2. The minimum absolute atomic E-state index is 0. The lowest BCUT2D eigenvalue weighted by molar-refractivity contribution is -0.133. The van der Waals surface area contributed by atoms with Gasteiger partial charge in [-0.2, -0.15) is 0 Å². The van der Waals surface area contributed by atoms with Crippen molar-refractivity contribution in [2.75, 3.05) is 51.3 Å². The van der Waals surface area contributed by atoms with Crippen LogP contribution in [0.25, 0.3) is 0 Å². The molecule has 3 N–H and O–H groups in total. The normalized spacial score (nSPS) is 14.7. The third-order valence-corrected chi connectivity index (χ3v) is 4.20. The summed E-state index contributed by atoms with van der Waals surface area (Å²) < 4.78 is 5.06. The first-order valence-corrected chi connectivity index (χ1v) is 8.21. The zero-order valence-electron chi connectivity index (χ0n) is 14.9. The molecule has 9 heteroatoms. The Balaban J connectivity index is 0.00000312. The zero-order valence-corrected chi connectivity index (χ0v) is 16.6. The molecule has 0 aromatic heterocycles. The maximum absolute atomic E-state index is 12.2. The fourth-order valence-corrected chi connectivity index (χ4v) is 2.68. The number of amides is 2. The number of nitrogens with one attached hydrogen (secondary N) is 1. The van der Waals surface area contributed by atoms with Gasteiger partial charge in [-0.05, 0) is 12.1 Å². The lowest BCUT2D eigenvalue weighted by Gasteiger charge is -2.36. The summed E-state index contributed by atoms with van der Waals surface area (Å²) in [4.78, 5) is 28.0. The summed E-state index contributed by atoms with van der Waals surface area (Å²) >= 11 is 0. The highest BCUT2D eigenvalue weighted by atomic mass is 35.5. The monoisotopic (exact) mass is 406 g/mol. The molecule has 7 nitrogen and oxygen atoms in total. The van der Waals surface area contributed by atoms with Gasteiger partial charge in [-0.3, -0.25) is 9.59 Å². The predicted molar refractivity (Wildman–Crippen MR) is 107 cm³/mol. The first-order valence-electron chi connectivity index (χ1n) is 8.21. The summed E-state index contributed by atoms with van der Waals surface area (Å²) in [6.45, 7) is 3.20. The number of methoxy groups -OCH3 is 1. The number of para-hydroxylation sites is 1. The van der Waals surface area contributed by atoms with Crippen molar-refractivity contribution < 1.29 is 14.3 Å². The van der Waals surface area contributed by atoms with Gasteiger partial charge in [0.15, 0.2) is 0 Å². The van der Waals surface area contributed by atoms with E-state index in [1.54, 1.807) is 4.90 Å². The van der Waals surface area contributed by atoms with E-state index in [1.807, 2.05) is 18.2 Å². The van der Waals surface area contributed by atoms with E-state index < -0.39 is 0 Å². The second kappa shape index (κ2) is 12.8. The standard InChI is InChI=1S/C17H26N4O3.2ClH/c1-24-15(12-18)11-16(22)19-13-17(23)21-9-7-20(8-10-21)14-5-3-2-4-6-14;;/h2-6,15H,7-13,18H2,1H3,(H,19,22);2*1H. The second-order valence-electron chi connectivity index (χ2n) is 5.78. The molecule has 1 aliphatic rings. The van der Waals surface area contributed by atoms with Gasteiger partial charge in [-0.1, -0.05) is 18.2 Å². The fraction of sp³-hybridized carbons (Fsp3) is 0.529. The smallest absolute Gasteiger partial charge is 0.242 e. The van der Waals surface area contributed by atoms with Crippen LogP contribution in [-0.4, -0.2) is 69.2 Å². The number of benzene rings is 1. The minimum atomic E-state index is -0.311. The molecule has 0 bridgehead atoms. The first-order chi connectivity index (χ1) is 11.6. The van der Waals surface area contributed by atoms with Crippen LogP contribution in [0.15, 0.2) is 30.3 Å². The molecule has 1 unspecified atom stereocenters. The van der Waals surface area contributed by atoms with Crippen molar-refractivity contribution in [1.29, 1.82) is 0 Å². The number of halogens is 2. The van der Waals surface area contributed by atoms with Gasteiger partial charge in [0.2, 0.25) is 11.8 Å². The van der Waals surface area contributed by atoms with Crippen LogP contribution in [0.3, 0.4) is 0 Å². The zero-order chi connectivity index (χ0) is 17.4. The van der Waals surface area contributed by atoms with Crippen molar-refractivity contribution in [1.82, 2.24) is 10.2 Å². The summed E-state index contributed by atoms with van der Waals surface area (Å²) in [5, 5.41) is 2.64. The van der Waals surface area contributed by atoms with Crippen LogP contribution in [0.1, 0.15) is 6.42 Å². The molecule has 1 fully saturated rings. The third-order valence-electron chi connectivity index (χ3n) is 4.20. The minimum Gasteiger partial charge on any atom is -0.380 e. The highest BCUT2D eigenvalue weighted by molar-refractivity contribution is 5.86. The third kappa shape index (κ3) is 7.37. The molecule has 1 saturated heterocycles. The Morgan fingerprint density at radius 1 is 1.15 bits per heavy atom. The van der Waals surface area contributed by atoms with E-state index >= 15 is 0 Å². The van der Waals surface area contributed by atoms with Gasteiger partial charge in [-0.25, -0.2) is 0 Å². The van der Waals surface area contributed by atoms with E-state index in [9.17, 15) is 9.59 Å². The Morgan fingerprint density at radius 3 is 2.31 bits per heavy atom. The predicted octanol–water partition coefficient (Wildman–Crippen LogP) is 0.659. The molecule has 2 amide bonds. The summed E-state index contributed by atoms with van der Waals surface area (Å²) in [6, 6.07) is 10.2. The van der Waals surface area contributed by atoms with Crippen molar-refractivity contribution in [3.63, 3.8) is 0 Å². The van der Waals surface area contributed by atoms with Crippen LogP contribution < -0.4 is 16.0 Å². The van der Waals surface area contributed by atoms with Crippen LogP contribution in [0.5, 0.6) is 0 Å². The van der Waals surface area contributed by atoms with Gasteiger partial charge in [0.25, 0.3) is 0 Å². The van der Waals surface area contributed by atoms with E-state index in [1.165, 1.54) is 12.8 Å². The Bertz CT molecular complexity index is 536. The van der Waals surface area contributed by atoms with E-state index in [2.05, 4.69) is 22.3 Å². The average Bonchev–Trinajstić information content (AvgIpc) is 2.65. The van der Waals surface area contributed by atoms with Gasteiger partial charge < -0.3 is 25.6 Å². The van der Waals surface area contributed by atoms with Crippen molar-refractivity contribution in [3.05, 3.63) is 30.3 Å². The highest BCUT2D eigenvalue weighted by Crippen LogP contribution is 2.15. The molecule has 0 radical (unpaired) electrons. The van der Waals surface area contributed by atoms with Crippen molar-refractivity contribution in [3.8, 4) is 0 Å². The summed E-state index contributed by atoms with van der Waals surface area (Å²) in [5.74, 6) is -0.277. The number of nitrogens with two attached hydrogens (primary N) is 1. The summed E-state index contributed by atoms with van der Waals surface area (Å²) in [5.41, 5.74) is 6.65.